The molecule has 1 aromatic heterocycles. The fraction of sp³-hybridized carbons (Fsp3) is 0.389. The molecule has 4 rings (SSSR count). The van der Waals surface area contributed by atoms with E-state index in [1.165, 1.54) is 0 Å². The van der Waals surface area contributed by atoms with E-state index in [-0.39, 0.29) is 5.91 Å². The van der Waals surface area contributed by atoms with Gasteiger partial charge in [-0.3, -0.25) is 9.89 Å². The first-order chi connectivity index (χ1) is 12.5. The number of ether oxygens (including phenoxy) is 1. The van der Waals surface area contributed by atoms with Gasteiger partial charge >= 0.3 is 6.09 Å². The van der Waals surface area contributed by atoms with E-state index in [1.807, 2.05) is 19.1 Å². The third kappa shape index (κ3) is 2.92. The number of amides is 2. The Kier molecular flexibility index (Phi) is 4.11. The molecule has 2 aromatic rings. The van der Waals surface area contributed by atoms with Gasteiger partial charge in [0, 0.05) is 22.7 Å². The van der Waals surface area contributed by atoms with Crippen molar-refractivity contribution in [3.63, 3.8) is 0 Å². The molecule has 0 aliphatic carbocycles. The number of aromatic nitrogens is 2. The van der Waals surface area contributed by atoms with Crippen LogP contribution in [0.2, 0.25) is 5.02 Å². The SMILES string of the molecule is Cc1c(-c2ccc(Cl)cc2)n[nH]c1C(=O)N1CCCC2(CNC(=O)O2)C1. The lowest BCUT2D eigenvalue weighted by molar-refractivity contribution is -0.00526. The van der Waals surface area contributed by atoms with Crippen molar-refractivity contribution in [1.82, 2.24) is 20.4 Å². The summed E-state index contributed by atoms with van der Waals surface area (Å²) in [7, 11) is 0. The molecule has 2 saturated heterocycles. The van der Waals surface area contributed by atoms with E-state index < -0.39 is 11.7 Å². The zero-order valence-corrected chi connectivity index (χ0v) is 15.1. The number of nitrogens with one attached hydrogen (secondary N) is 2. The molecule has 1 atom stereocenters. The van der Waals surface area contributed by atoms with Crippen LogP contribution in [0.4, 0.5) is 4.79 Å². The molecule has 26 heavy (non-hydrogen) atoms. The molecule has 2 aliphatic heterocycles. The summed E-state index contributed by atoms with van der Waals surface area (Å²) in [5.41, 5.74) is 2.26. The summed E-state index contributed by atoms with van der Waals surface area (Å²) < 4.78 is 5.44. The fourth-order valence-corrected chi connectivity index (χ4v) is 3.78. The molecule has 7 nitrogen and oxygen atoms in total. The summed E-state index contributed by atoms with van der Waals surface area (Å²) in [6.45, 7) is 3.33. The number of hydrogen-bond acceptors (Lipinski definition) is 4. The van der Waals surface area contributed by atoms with Crippen LogP contribution in [0.3, 0.4) is 0 Å². The van der Waals surface area contributed by atoms with Crippen LogP contribution in [-0.2, 0) is 4.74 Å². The van der Waals surface area contributed by atoms with Crippen molar-refractivity contribution in [2.75, 3.05) is 19.6 Å². The van der Waals surface area contributed by atoms with Gasteiger partial charge in [-0.1, -0.05) is 23.7 Å². The predicted molar refractivity (Wildman–Crippen MR) is 96.1 cm³/mol. The highest BCUT2D eigenvalue weighted by molar-refractivity contribution is 6.30. The van der Waals surface area contributed by atoms with Crippen LogP contribution >= 0.6 is 11.6 Å². The van der Waals surface area contributed by atoms with Crippen molar-refractivity contribution in [1.29, 1.82) is 0 Å². The number of carbonyl (C=O) groups is 2. The maximum absolute atomic E-state index is 13.0. The van der Waals surface area contributed by atoms with Gasteiger partial charge in [-0.2, -0.15) is 5.10 Å². The summed E-state index contributed by atoms with van der Waals surface area (Å²) >= 11 is 5.94. The summed E-state index contributed by atoms with van der Waals surface area (Å²) in [5, 5.41) is 10.5. The molecule has 2 fully saturated rings. The normalized spacial score (nSPS) is 22.4. The van der Waals surface area contributed by atoms with Gasteiger partial charge in [-0.25, -0.2) is 4.79 Å². The van der Waals surface area contributed by atoms with E-state index >= 15 is 0 Å². The third-order valence-corrected chi connectivity index (χ3v) is 5.28. The molecular weight excluding hydrogens is 356 g/mol. The maximum Gasteiger partial charge on any atom is 0.407 e. The van der Waals surface area contributed by atoms with E-state index in [4.69, 9.17) is 16.3 Å². The number of rotatable bonds is 2. The van der Waals surface area contributed by atoms with Gasteiger partial charge in [-0.05, 0) is 31.9 Å². The zero-order valence-electron chi connectivity index (χ0n) is 14.3. The summed E-state index contributed by atoms with van der Waals surface area (Å²) in [6.07, 6.45) is 1.13. The van der Waals surface area contributed by atoms with Crippen LogP contribution in [0.1, 0.15) is 28.9 Å². The predicted octanol–water partition coefficient (Wildman–Crippen LogP) is 2.75. The van der Waals surface area contributed by atoms with E-state index in [2.05, 4.69) is 15.5 Å². The second-order valence-electron chi connectivity index (χ2n) is 6.84. The summed E-state index contributed by atoms with van der Waals surface area (Å²) in [6, 6.07) is 7.34. The molecule has 2 aliphatic rings. The van der Waals surface area contributed by atoms with Gasteiger partial charge in [0.15, 0.2) is 0 Å². The number of nitrogens with zero attached hydrogens (tertiary/aromatic N) is 2. The van der Waals surface area contributed by atoms with Crippen molar-refractivity contribution in [3.05, 3.63) is 40.5 Å². The molecule has 136 valence electrons. The van der Waals surface area contributed by atoms with Crippen LogP contribution in [0.15, 0.2) is 24.3 Å². The second-order valence-corrected chi connectivity index (χ2v) is 7.27. The van der Waals surface area contributed by atoms with Gasteiger partial charge < -0.3 is 15.0 Å². The van der Waals surface area contributed by atoms with Crippen molar-refractivity contribution in [2.45, 2.75) is 25.4 Å². The number of carbonyl (C=O) groups excluding carboxylic acids is 2. The molecule has 2 amide bonds. The first-order valence-electron chi connectivity index (χ1n) is 8.54. The van der Waals surface area contributed by atoms with Crippen molar-refractivity contribution < 1.29 is 14.3 Å². The van der Waals surface area contributed by atoms with Gasteiger partial charge in [0.25, 0.3) is 5.91 Å². The summed E-state index contributed by atoms with van der Waals surface area (Å²) in [4.78, 5) is 26.2. The lowest BCUT2D eigenvalue weighted by Gasteiger charge is -2.38. The molecule has 1 aromatic carbocycles. The monoisotopic (exact) mass is 374 g/mol. The number of piperidine rings is 1. The van der Waals surface area contributed by atoms with Crippen LogP contribution in [0.5, 0.6) is 0 Å². The number of alkyl carbamates (subject to hydrolysis) is 1. The first-order valence-corrected chi connectivity index (χ1v) is 8.92. The Morgan fingerprint density at radius 2 is 2.12 bits per heavy atom. The Labute approximate surface area is 155 Å². The van der Waals surface area contributed by atoms with E-state index in [1.54, 1.807) is 17.0 Å². The Hall–Kier alpha value is -2.54. The largest absolute Gasteiger partial charge is 0.439 e. The topological polar surface area (TPSA) is 87.3 Å². The molecular formula is C18H19ClN4O3. The minimum Gasteiger partial charge on any atom is -0.439 e. The Balaban J connectivity index is 1.57. The Morgan fingerprint density at radius 3 is 2.81 bits per heavy atom. The number of aromatic amines is 1. The Bertz CT molecular complexity index is 864. The average Bonchev–Trinajstić information content (AvgIpc) is 3.18. The molecule has 1 spiro atoms. The minimum absolute atomic E-state index is 0.128. The number of likely N-dealkylation sites (tertiary alicyclic amines) is 1. The van der Waals surface area contributed by atoms with Crippen molar-refractivity contribution >= 4 is 23.6 Å². The zero-order chi connectivity index (χ0) is 18.3. The molecule has 3 heterocycles. The number of halogens is 1. The standard InChI is InChI=1S/C18H19ClN4O3/c1-11-14(12-3-5-13(19)6-4-12)21-22-15(11)16(24)23-8-2-7-18(10-23)9-20-17(25)26-18/h3-6H,2,7-10H2,1H3,(H,20,25)(H,21,22). The van der Waals surface area contributed by atoms with Gasteiger partial charge in [0.1, 0.15) is 11.3 Å². The highest BCUT2D eigenvalue weighted by Gasteiger charge is 2.45. The quantitative estimate of drug-likeness (QED) is 0.846. The third-order valence-electron chi connectivity index (χ3n) is 5.03. The number of benzene rings is 1. The van der Waals surface area contributed by atoms with Crippen LogP contribution in [0, 0.1) is 6.92 Å². The average molecular weight is 375 g/mol. The second kappa shape index (κ2) is 6.32. The number of hydrogen-bond donors (Lipinski definition) is 2. The summed E-state index contributed by atoms with van der Waals surface area (Å²) in [5.74, 6) is -0.128. The van der Waals surface area contributed by atoms with E-state index in [0.29, 0.717) is 30.4 Å². The van der Waals surface area contributed by atoms with Crippen molar-refractivity contribution in [3.8, 4) is 11.3 Å². The minimum atomic E-state index is -0.613. The van der Waals surface area contributed by atoms with E-state index in [0.717, 1.165) is 29.7 Å². The van der Waals surface area contributed by atoms with Crippen molar-refractivity contribution in [2.24, 2.45) is 0 Å². The fourth-order valence-electron chi connectivity index (χ4n) is 3.65. The highest BCUT2D eigenvalue weighted by atomic mass is 35.5. The van der Waals surface area contributed by atoms with Gasteiger partial charge in [0.05, 0.1) is 18.8 Å². The molecule has 1 unspecified atom stereocenters. The van der Waals surface area contributed by atoms with Gasteiger partial charge in [0.2, 0.25) is 0 Å². The lowest BCUT2D eigenvalue weighted by Crippen LogP contribution is -2.52. The smallest absolute Gasteiger partial charge is 0.407 e. The molecule has 0 radical (unpaired) electrons. The molecule has 0 bridgehead atoms. The van der Waals surface area contributed by atoms with Gasteiger partial charge in [-0.15, -0.1) is 0 Å². The van der Waals surface area contributed by atoms with Crippen LogP contribution < -0.4 is 5.32 Å². The Morgan fingerprint density at radius 1 is 1.35 bits per heavy atom. The molecule has 2 N–H and O–H groups in total. The lowest BCUT2D eigenvalue weighted by atomic mass is 9.92. The number of H-pyrrole nitrogens is 1. The maximum atomic E-state index is 13.0. The molecule has 8 heteroatoms. The first kappa shape index (κ1) is 16.9. The molecule has 0 saturated carbocycles. The highest BCUT2D eigenvalue weighted by Crippen LogP contribution is 2.30. The van der Waals surface area contributed by atoms with Crippen LogP contribution in [-0.4, -0.2) is 52.3 Å². The van der Waals surface area contributed by atoms with E-state index in [9.17, 15) is 9.59 Å². The van der Waals surface area contributed by atoms with Crippen LogP contribution in [0.25, 0.3) is 11.3 Å².